The molecule has 2 aromatic rings. The first kappa shape index (κ1) is 17.8. The maximum Gasteiger partial charge on any atom is 0.291 e. The molecule has 2 saturated heterocycles. The molecule has 2 atom stereocenters. The fourth-order valence-corrected chi connectivity index (χ4v) is 4.29. The minimum atomic E-state index is -0.291. The van der Waals surface area contributed by atoms with Crippen molar-refractivity contribution in [3.8, 4) is 0 Å². The highest BCUT2D eigenvalue weighted by atomic mass is 16.3. The standard InChI is InChI=1S/C21H25N3O3/c1-13-9-15(6-7-18(13)24-21(26)19-3-2-8-27-19)23-20(25)12-14-10-16-4-5-17(11-14)22-16/h2-3,6-9,14,16-17,22H,4-5,10-12H2,1H3,(H,23,25)(H,24,26). The average molecular weight is 367 g/mol. The molecule has 2 aliphatic heterocycles. The lowest BCUT2D eigenvalue weighted by molar-refractivity contribution is -0.117. The fourth-order valence-electron chi connectivity index (χ4n) is 4.29. The van der Waals surface area contributed by atoms with E-state index in [-0.39, 0.29) is 17.6 Å². The van der Waals surface area contributed by atoms with Gasteiger partial charge in [-0.15, -0.1) is 0 Å². The number of hydrogen-bond acceptors (Lipinski definition) is 4. The van der Waals surface area contributed by atoms with Gasteiger partial charge in [-0.2, -0.15) is 0 Å². The van der Waals surface area contributed by atoms with Crippen LogP contribution in [0.3, 0.4) is 0 Å². The van der Waals surface area contributed by atoms with Gasteiger partial charge in [-0.25, -0.2) is 0 Å². The molecule has 3 N–H and O–H groups in total. The summed E-state index contributed by atoms with van der Waals surface area (Å²) in [5.41, 5.74) is 2.34. The third-order valence-electron chi connectivity index (χ3n) is 5.55. The predicted molar refractivity (Wildman–Crippen MR) is 104 cm³/mol. The van der Waals surface area contributed by atoms with Gasteiger partial charge in [0.25, 0.3) is 5.91 Å². The Morgan fingerprint density at radius 3 is 2.59 bits per heavy atom. The Balaban J connectivity index is 1.33. The molecule has 6 nitrogen and oxygen atoms in total. The summed E-state index contributed by atoms with van der Waals surface area (Å²) in [6, 6.07) is 9.98. The second kappa shape index (κ2) is 7.56. The third-order valence-corrected chi connectivity index (χ3v) is 5.55. The van der Waals surface area contributed by atoms with Crippen molar-refractivity contribution in [2.75, 3.05) is 10.6 Å². The number of carbonyl (C=O) groups is 2. The van der Waals surface area contributed by atoms with Gasteiger partial charge in [-0.3, -0.25) is 9.59 Å². The Morgan fingerprint density at radius 1 is 1.15 bits per heavy atom. The summed E-state index contributed by atoms with van der Waals surface area (Å²) in [5, 5.41) is 9.43. The molecule has 0 radical (unpaired) electrons. The zero-order valence-electron chi connectivity index (χ0n) is 15.5. The van der Waals surface area contributed by atoms with E-state index in [0.717, 1.165) is 24.1 Å². The lowest BCUT2D eigenvalue weighted by Gasteiger charge is -2.28. The number of benzene rings is 1. The SMILES string of the molecule is Cc1cc(NC(=O)CC2CC3CCC(C2)N3)ccc1NC(=O)c1ccco1. The minimum absolute atomic E-state index is 0.0630. The first-order valence-electron chi connectivity index (χ1n) is 9.58. The van der Waals surface area contributed by atoms with E-state index in [1.807, 2.05) is 19.1 Å². The van der Waals surface area contributed by atoms with Gasteiger partial charge in [-0.1, -0.05) is 0 Å². The number of carbonyl (C=O) groups excluding carboxylic acids is 2. The van der Waals surface area contributed by atoms with Crippen LogP contribution in [-0.4, -0.2) is 23.9 Å². The largest absolute Gasteiger partial charge is 0.459 e. The van der Waals surface area contributed by atoms with E-state index >= 15 is 0 Å². The van der Waals surface area contributed by atoms with Crippen LogP contribution in [0.25, 0.3) is 0 Å². The molecule has 1 aromatic heterocycles. The van der Waals surface area contributed by atoms with Crippen molar-refractivity contribution in [3.05, 3.63) is 47.9 Å². The Hall–Kier alpha value is -2.60. The Labute approximate surface area is 158 Å². The topological polar surface area (TPSA) is 83.4 Å². The molecule has 142 valence electrons. The van der Waals surface area contributed by atoms with E-state index in [0.29, 0.717) is 30.1 Å². The zero-order valence-corrected chi connectivity index (χ0v) is 15.5. The van der Waals surface area contributed by atoms with Crippen LogP contribution in [0.5, 0.6) is 0 Å². The van der Waals surface area contributed by atoms with Gasteiger partial charge in [0.15, 0.2) is 5.76 Å². The van der Waals surface area contributed by atoms with Crippen LogP contribution < -0.4 is 16.0 Å². The van der Waals surface area contributed by atoms with Gasteiger partial charge < -0.3 is 20.4 Å². The number of rotatable bonds is 5. The summed E-state index contributed by atoms with van der Waals surface area (Å²) in [7, 11) is 0. The summed E-state index contributed by atoms with van der Waals surface area (Å²) in [6.07, 6.45) is 6.72. The molecule has 2 amide bonds. The van der Waals surface area contributed by atoms with Gasteiger partial charge in [0, 0.05) is 29.9 Å². The number of anilines is 2. The molecule has 3 heterocycles. The minimum Gasteiger partial charge on any atom is -0.459 e. The molecule has 27 heavy (non-hydrogen) atoms. The first-order chi connectivity index (χ1) is 13.1. The summed E-state index contributed by atoms with van der Waals surface area (Å²) in [5.74, 6) is 0.507. The number of nitrogens with one attached hydrogen (secondary N) is 3. The molecule has 0 aliphatic carbocycles. The van der Waals surface area contributed by atoms with Crippen LogP contribution in [0.1, 0.15) is 48.2 Å². The summed E-state index contributed by atoms with van der Waals surface area (Å²) >= 11 is 0. The quantitative estimate of drug-likeness (QED) is 0.752. The summed E-state index contributed by atoms with van der Waals surface area (Å²) < 4.78 is 5.10. The molecular weight excluding hydrogens is 342 g/mol. The Bertz CT molecular complexity index is 819. The maximum absolute atomic E-state index is 12.4. The van der Waals surface area contributed by atoms with Gasteiger partial charge in [0.2, 0.25) is 5.91 Å². The summed E-state index contributed by atoms with van der Waals surface area (Å²) in [6.45, 7) is 1.90. The number of hydrogen-bond donors (Lipinski definition) is 3. The number of fused-ring (bicyclic) bond motifs is 2. The van der Waals surface area contributed by atoms with E-state index in [4.69, 9.17) is 4.42 Å². The molecule has 0 saturated carbocycles. The molecule has 2 fully saturated rings. The van der Waals surface area contributed by atoms with E-state index in [9.17, 15) is 9.59 Å². The van der Waals surface area contributed by atoms with Gasteiger partial charge in [-0.05, 0) is 74.4 Å². The highest BCUT2D eigenvalue weighted by Crippen LogP contribution is 2.33. The van der Waals surface area contributed by atoms with Crippen molar-refractivity contribution < 1.29 is 14.0 Å². The number of piperidine rings is 1. The van der Waals surface area contributed by atoms with E-state index in [2.05, 4.69) is 16.0 Å². The first-order valence-corrected chi connectivity index (χ1v) is 9.58. The van der Waals surface area contributed by atoms with Crippen LogP contribution in [0.2, 0.25) is 0 Å². The van der Waals surface area contributed by atoms with Gasteiger partial charge in [0.05, 0.1) is 6.26 Å². The average Bonchev–Trinajstić information content (AvgIpc) is 3.27. The van der Waals surface area contributed by atoms with Crippen molar-refractivity contribution in [1.82, 2.24) is 5.32 Å². The molecular formula is C21H25N3O3. The van der Waals surface area contributed by atoms with Crippen LogP contribution in [0.15, 0.2) is 41.0 Å². The lowest BCUT2D eigenvalue weighted by atomic mass is 9.89. The normalized spacial score (nSPS) is 23.8. The van der Waals surface area contributed by atoms with Crippen molar-refractivity contribution in [1.29, 1.82) is 0 Å². The number of aryl methyl sites for hydroxylation is 1. The van der Waals surface area contributed by atoms with Crippen molar-refractivity contribution >= 4 is 23.2 Å². The fraction of sp³-hybridized carbons (Fsp3) is 0.429. The zero-order chi connectivity index (χ0) is 18.8. The van der Waals surface area contributed by atoms with Crippen molar-refractivity contribution in [2.24, 2.45) is 5.92 Å². The Kier molecular flexibility index (Phi) is 4.99. The highest BCUT2D eigenvalue weighted by molar-refractivity contribution is 6.02. The van der Waals surface area contributed by atoms with E-state index in [1.54, 1.807) is 18.2 Å². The van der Waals surface area contributed by atoms with Crippen LogP contribution in [0.4, 0.5) is 11.4 Å². The van der Waals surface area contributed by atoms with Gasteiger partial charge >= 0.3 is 0 Å². The molecule has 2 aliphatic rings. The van der Waals surface area contributed by atoms with Crippen LogP contribution in [-0.2, 0) is 4.79 Å². The Morgan fingerprint density at radius 2 is 1.93 bits per heavy atom. The molecule has 2 unspecified atom stereocenters. The van der Waals surface area contributed by atoms with E-state index in [1.165, 1.54) is 19.1 Å². The second-order valence-electron chi connectivity index (χ2n) is 7.69. The molecule has 6 heteroatoms. The third kappa shape index (κ3) is 4.22. The predicted octanol–water partition coefficient (Wildman–Crippen LogP) is 3.70. The molecule has 2 bridgehead atoms. The molecule has 4 rings (SSSR count). The second-order valence-corrected chi connectivity index (χ2v) is 7.69. The maximum atomic E-state index is 12.4. The molecule has 0 spiro atoms. The van der Waals surface area contributed by atoms with E-state index < -0.39 is 0 Å². The highest BCUT2D eigenvalue weighted by Gasteiger charge is 2.34. The van der Waals surface area contributed by atoms with Crippen LogP contribution >= 0.6 is 0 Å². The van der Waals surface area contributed by atoms with Crippen LogP contribution in [0, 0.1) is 12.8 Å². The monoisotopic (exact) mass is 367 g/mol. The molecule has 1 aromatic carbocycles. The smallest absolute Gasteiger partial charge is 0.291 e. The lowest BCUT2D eigenvalue weighted by Crippen LogP contribution is -2.39. The number of furan rings is 1. The van der Waals surface area contributed by atoms with Gasteiger partial charge in [0.1, 0.15) is 0 Å². The number of amides is 2. The van der Waals surface area contributed by atoms with Crippen molar-refractivity contribution in [3.63, 3.8) is 0 Å². The van der Waals surface area contributed by atoms with Crippen molar-refractivity contribution in [2.45, 2.75) is 51.1 Å². The summed E-state index contributed by atoms with van der Waals surface area (Å²) in [4.78, 5) is 24.5.